The summed E-state index contributed by atoms with van der Waals surface area (Å²) in [6, 6.07) is 8.02. The summed E-state index contributed by atoms with van der Waals surface area (Å²) in [7, 11) is 0. The highest BCUT2D eigenvalue weighted by molar-refractivity contribution is 7.82. The van der Waals surface area contributed by atoms with Crippen molar-refractivity contribution in [3.63, 3.8) is 0 Å². The zero-order valence-electron chi connectivity index (χ0n) is 10.5. The molecule has 1 saturated heterocycles. The predicted molar refractivity (Wildman–Crippen MR) is 72.5 cm³/mol. The Bertz CT molecular complexity index is 479. The van der Waals surface area contributed by atoms with Gasteiger partial charge < -0.3 is 25.2 Å². The van der Waals surface area contributed by atoms with Gasteiger partial charge in [-0.25, -0.2) is 0 Å². The van der Waals surface area contributed by atoms with Crippen LogP contribution in [0.25, 0.3) is 0 Å². The van der Waals surface area contributed by atoms with Gasteiger partial charge in [-0.15, -0.1) is 12.6 Å². The SMILES string of the molecule is O=C(c1ccccc1)C1(S)O[C@@H](CO)[C@H](O)[C@@H](O)[C@@H]1O. The van der Waals surface area contributed by atoms with Crippen LogP contribution < -0.4 is 0 Å². The van der Waals surface area contributed by atoms with E-state index >= 15 is 0 Å². The van der Waals surface area contributed by atoms with Gasteiger partial charge in [-0.2, -0.15) is 0 Å². The lowest BCUT2D eigenvalue weighted by atomic mass is 9.90. The van der Waals surface area contributed by atoms with Crippen molar-refractivity contribution in [3.05, 3.63) is 35.9 Å². The fourth-order valence-corrected chi connectivity index (χ4v) is 2.56. The van der Waals surface area contributed by atoms with E-state index in [0.29, 0.717) is 0 Å². The maximum absolute atomic E-state index is 12.4. The summed E-state index contributed by atoms with van der Waals surface area (Å²) in [5.74, 6) is -0.654. The number of aliphatic hydroxyl groups is 4. The first kappa shape index (κ1) is 15.4. The number of benzene rings is 1. The smallest absolute Gasteiger partial charge is 0.207 e. The van der Waals surface area contributed by atoms with Gasteiger partial charge in [0.05, 0.1) is 6.61 Å². The van der Waals surface area contributed by atoms with Gasteiger partial charge >= 0.3 is 0 Å². The maximum atomic E-state index is 12.4. The van der Waals surface area contributed by atoms with Gasteiger partial charge in [0.2, 0.25) is 10.7 Å². The molecular weight excluding hydrogens is 284 g/mol. The van der Waals surface area contributed by atoms with E-state index in [1.807, 2.05) is 0 Å². The number of carbonyl (C=O) groups is 1. The largest absolute Gasteiger partial charge is 0.394 e. The number of Topliss-reactive ketones (excluding diaryl/α,β-unsaturated/α-hetero) is 1. The van der Waals surface area contributed by atoms with Crippen LogP contribution in [0.2, 0.25) is 0 Å². The van der Waals surface area contributed by atoms with E-state index in [2.05, 4.69) is 12.6 Å². The molecule has 4 N–H and O–H groups in total. The van der Waals surface area contributed by atoms with Crippen molar-refractivity contribution in [2.75, 3.05) is 6.61 Å². The molecule has 1 aliphatic heterocycles. The lowest BCUT2D eigenvalue weighted by Crippen LogP contribution is -2.65. The normalized spacial score (nSPS) is 37.6. The Hall–Kier alpha value is -0.960. The number of thiol groups is 1. The molecule has 0 amide bonds. The Morgan fingerprint density at radius 3 is 2.35 bits per heavy atom. The average molecular weight is 300 g/mol. The van der Waals surface area contributed by atoms with E-state index in [1.165, 1.54) is 12.1 Å². The van der Waals surface area contributed by atoms with Crippen LogP contribution >= 0.6 is 12.6 Å². The number of ketones is 1. The Balaban J connectivity index is 2.34. The van der Waals surface area contributed by atoms with Crippen LogP contribution in [0.1, 0.15) is 10.4 Å². The van der Waals surface area contributed by atoms with Crippen LogP contribution in [0.15, 0.2) is 30.3 Å². The highest BCUT2D eigenvalue weighted by Gasteiger charge is 2.55. The molecule has 6 nitrogen and oxygen atoms in total. The summed E-state index contributed by atoms with van der Waals surface area (Å²) in [6.45, 7) is -0.616. The van der Waals surface area contributed by atoms with Crippen LogP contribution in [0.4, 0.5) is 0 Å². The maximum Gasteiger partial charge on any atom is 0.207 e. The lowest BCUT2D eigenvalue weighted by molar-refractivity contribution is -0.226. The second-order valence-electron chi connectivity index (χ2n) is 4.66. The highest BCUT2D eigenvalue weighted by atomic mass is 32.1. The molecule has 0 bridgehead atoms. The second-order valence-corrected chi connectivity index (χ2v) is 5.32. The van der Waals surface area contributed by atoms with Crippen molar-refractivity contribution in [2.45, 2.75) is 29.3 Å². The van der Waals surface area contributed by atoms with Crippen molar-refractivity contribution < 1.29 is 30.0 Å². The molecule has 0 radical (unpaired) electrons. The van der Waals surface area contributed by atoms with Crippen LogP contribution in [0, 0.1) is 0 Å². The molecule has 7 heteroatoms. The monoisotopic (exact) mass is 300 g/mol. The minimum atomic E-state index is -2.03. The van der Waals surface area contributed by atoms with Crippen molar-refractivity contribution in [1.82, 2.24) is 0 Å². The van der Waals surface area contributed by atoms with Gasteiger partial charge in [0.1, 0.15) is 24.4 Å². The minimum Gasteiger partial charge on any atom is -0.394 e. The van der Waals surface area contributed by atoms with Gasteiger partial charge in [0, 0.05) is 5.56 Å². The van der Waals surface area contributed by atoms with Crippen molar-refractivity contribution in [1.29, 1.82) is 0 Å². The molecule has 0 saturated carbocycles. The predicted octanol–water partition coefficient (Wildman–Crippen LogP) is -1.03. The van der Waals surface area contributed by atoms with E-state index < -0.39 is 41.7 Å². The molecule has 20 heavy (non-hydrogen) atoms. The fourth-order valence-electron chi connectivity index (χ4n) is 2.14. The van der Waals surface area contributed by atoms with Gasteiger partial charge in [-0.3, -0.25) is 4.79 Å². The number of hydrogen-bond acceptors (Lipinski definition) is 7. The van der Waals surface area contributed by atoms with Gasteiger partial charge in [0.15, 0.2) is 0 Å². The third kappa shape index (κ3) is 2.48. The molecule has 0 spiro atoms. The molecular formula is C13H16O6S. The molecule has 1 fully saturated rings. The van der Waals surface area contributed by atoms with Gasteiger partial charge in [-0.1, -0.05) is 30.3 Å². The van der Waals surface area contributed by atoms with Crippen molar-refractivity contribution in [3.8, 4) is 0 Å². The second kappa shape index (κ2) is 5.80. The Morgan fingerprint density at radius 1 is 1.20 bits per heavy atom. The first-order valence-corrected chi connectivity index (χ1v) is 6.51. The summed E-state index contributed by atoms with van der Waals surface area (Å²) in [6.07, 6.45) is -6.08. The zero-order chi connectivity index (χ0) is 14.9. The third-order valence-corrected chi connectivity index (χ3v) is 3.90. The standard InChI is InChI=1S/C13H16O6S/c14-6-8-9(15)10(16)12(18)13(20,19-8)11(17)7-4-2-1-3-5-7/h1-5,8-10,12,14-16,18,20H,6H2/t8-,9-,10+,12-,13?/m0/s1. The van der Waals surface area contributed by atoms with Crippen LogP contribution in [0.3, 0.4) is 0 Å². The number of ether oxygens (including phenoxy) is 1. The summed E-state index contributed by atoms with van der Waals surface area (Å²) >= 11 is 4.06. The molecule has 110 valence electrons. The molecule has 1 heterocycles. The molecule has 1 aromatic rings. The topological polar surface area (TPSA) is 107 Å². The van der Waals surface area contributed by atoms with E-state index in [4.69, 9.17) is 9.84 Å². The van der Waals surface area contributed by atoms with E-state index in [9.17, 15) is 20.1 Å². The van der Waals surface area contributed by atoms with Crippen LogP contribution in [0.5, 0.6) is 0 Å². The molecule has 0 aromatic heterocycles. The summed E-state index contributed by atoms with van der Waals surface area (Å²) in [4.78, 5) is 10.4. The Kier molecular flexibility index (Phi) is 4.48. The zero-order valence-corrected chi connectivity index (χ0v) is 11.4. The van der Waals surface area contributed by atoms with Crippen molar-refractivity contribution >= 4 is 18.4 Å². The summed E-state index contributed by atoms with van der Waals surface area (Å²) in [5.41, 5.74) is 0.238. The summed E-state index contributed by atoms with van der Waals surface area (Å²) in [5, 5.41) is 38.6. The number of hydrogen-bond donors (Lipinski definition) is 5. The molecule has 1 aromatic carbocycles. The average Bonchev–Trinajstić information content (AvgIpc) is 2.49. The quantitative estimate of drug-likeness (QED) is 0.361. The molecule has 2 rings (SSSR count). The molecule has 1 unspecified atom stereocenters. The highest BCUT2D eigenvalue weighted by Crippen LogP contribution is 2.35. The van der Waals surface area contributed by atoms with Gasteiger partial charge in [-0.05, 0) is 0 Å². The van der Waals surface area contributed by atoms with E-state index in [-0.39, 0.29) is 5.56 Å². The number of carbonyl (C=O) groups excluding carboxylic acids is 1. The number of rotatable bonds is 3. The van der Waals surface area contributed by atoms with Gasteiger partial charge in [0.25, 0.3) is 0 Å². The molecule has 5 atom stereocenters. The summed E-state index contributed by atoms with van der Waals surface area (Å²) < 4.78 is 5.24. The lowest BCUT2D eigenvalue weighted by Gasteiger charge is -2.44. The Morgan fingerprint density at radius 2 is 1.80 bits per heavy atom. The number of aliphatic hydroxyl groups excluding tert-OH is 4. The van der Waals surface area contributed by atoms with E-state index in [1.54, 1.807) is 18.2 Å². The van der Waals surface area contributed by atoms with Crippen molar-refractivity contribution in [2.24, 2.45) is 0 Å². The third-order valence-electron chi connectivity index (χ3n) is 3.33. The Labute approximate surface area is 121 Å². The van der Waals surface area contributed by atoms with E-state index in [0.717, 1.165) is 0 Å². The van der Waals surface area contributed by atoms with Crippen LogP contribution in [-0.4, -0.2) is 62.2 Å². The molecule has 1 aliphatic rings. The fraction of sp³-hybridized carbons (Fsp3) is 0.462. The molecule has 0 aliphatic carbocycles. The van der Waals surface area contributed by atoms with Crippen LogP contribution in [-0.2, 0) is 4.74 Å². The minimum absolute atomic E-state index is 0.238. The first-order valence-electron chi connectivity index (χ1n) is 6.07. The first-order chi connectivity index (χ1) is 9.41.